The van der Waals surface area contributed by atoms with Crippen LogP contribution in [0.25, 0.3) is 0 Å². The van der Waals surface area contributed by atoms with Gasteiger partial charge in [-0.2, -0.15) is 4.98 Å². The Bertz CT molecular complexity index is 1040. The average Bonchev–Trinajstić information content (AvgIpc) is 3.02. The lowest BCUT2D eigenvalue weighted by Crippen LogP contribution is -2.26. The number of fused-ring (bicyclic) bond motifs is 1. The molecule has 0 fully saturated rings. The van der Waals surface area contributed by atoms with E-state index in [2.05, 4.69) is 20.3 Å². The minimum Gasteiger partial charge on any atom is -0.366 e. The highest BCUT2D eigenvalue weighted by Gasteiger charge is 2.31. The summed E-state index contributed by atoms with van der Waals surface area (Å²) < 4.78 is 13.3. The molecule has 1 unspecified atom stereocenters. The lowest BCUT2D eigenvalue weighted by atomic mass is 10.0. The number of carbonyl (C=O) groups is 1. The van der Waals surface area contributed by atoms with Gasteiger partial charge in [0.25, 0.3) is 0 Å². The van der Waals surface area contributed by atoms with E-state index in [4.69, 9.17) is 5.73 Å². The molecule has 0 bridgehead atoms. The molecule has 0 aliphatic carbocycles. The van der Waals surface area contributed by atoms with Crippen molar-refractivity contribution < 1.29 is 9.18 Å². The maximum atomic E-state index is 13.3. The third-order valence-corrected chi connectivity index (χ3v) is 4.73. The third kappa shape index (κ3) is 3.36. The quantitative estimate of drug-likeness (QED) is 0.709. The van der Waals surface area contributed by atoms with Crippen LogP contribution in [-0.2, 0) is 13.0 Å². The number of carbonyl (C=O) groups excluding carboxylic acids is 1. The fourth-order valence-corrected chi connectivity index (χ4v) is 3.49. The van der Waals surface area contributed by atoms with Crippen LogP contribution < -0.4 is 16.0 Å². The van der Waals surface area contributed by atoms with E-state index in [1.807, 2.05) is 24.0 Å². The predicted octanol–water partition coefficient (Wildman–Crippen LogP) is 2.80. The maximum Gasteiger partial charge on any atom is 0.249 e. The number of anilines is 3. The molecule has 0 spiro atoms. The first kappa shape index (κ1) is 17.8. The fourth-order valence-electron chi connectivity index (χ4n) is 3.49. The van der Waals surface area contributed by atoms with Gasteiger partial charge in [-0.15, -0.1) is 0 Å². The van der Waals surface area contributed by atoms with E-state index in [1.54, 1.807) is 18.2 Å². The Kier molecular flexibility index (Phi) is 4.60. The molecule has 142 valence electrons. The van der Waals surface area contributed by atoms with Gasteiger partial charge in [0.05, 0.1) is 0 Å². The number of aromatic nitrogens is 3. The normalized spacial score (nSPS) is 15.4. The maximum absolute atomic E-state index is 13.3. The Hall–Kier alpha value is -3.55. The number of hydrogen-bond donors (Lipinski definition) is 2. The van der Waals surface area contributed by atoms with E-state index in [-0.39, 0.29) is 11.9 Å². The van der Waals surface area contributed by atoms with Gasteiger partial charge in [0.15, 0.2) is 0 Å². The Morgan fingerprint density at radius 3 is 2.89 bits per heavy atom. The number of amides is 1. The van der Waals surface area contributed by atoms with E-state index in [1.165, 1.54) is 18.5 Å². The van der Waals surface area contributed by atoms with Crippen molar-refractivity contribution in [3.05, 3.63) is 71.3 Å². The molecule has 1 aromatic heterocycles. The Morgan fingerprint density at radius 1 is 1.29 bits per heavy atom. The number of halogens is 1. The molecule has 28 heavy (non-hydrogen) atoms. The number of nitrogens with one attached hydrogen (secondary N) is 1. The molecule has 8 heteroatoms. The molecule has 1 aliphatic rings. The van der Waals surface area contributed by atoms with Gasteiger partial charge in [-0.25, -0.2) is 14.4 Å². The lowest BCUT2D eigenvalue weighted by molar-refractivity contribution is 0.0999. The average molecular weight is 378 g/mol. The van der Waals surface area contributed by atoms with Gasteiger partial charge < -0.3 is 16.0 Å². The minimum atomic E-state index is -0.445. The van der Waals surface area contributed by atoms with E-state index in [9.17, 15) is 9.18 Å². The predicted molar refractivity (Wildman–Crippen MR) is 104 cm³/mol. The summed E-state index contributed by atoms with van der Waals surface area (Å²) in [4.78, 5) is 26.7. The molecule has 7 nitrogen and oxygen atoms in total. The van der Waals surface area contributed by atoms with E-state index >= 15 is 0 Å². The highest BCUT2D eigenvalue weighted by atomic mass is 19.1. The number of rotatable bonds is 5. The minimum absolute atomic E-state index is 0.0639. The van der Waals surface area contributed by atoms with Crippen LogP contribution in [0.1, 0.15) is 28.4 Å². The monoisotopic (exact) mass is 378 g/mol. The Labute approximate surface area is 161 Å². The fraction of sp³-hybridized carbons (Fsp3) is 0.200. The van der Waals surface area contributed by atoms with E-state index in [0.717, 1.165) is 16.8 Å². The van der Waals surface area contributed by atoms with Crippen LogP contribution in [0.4, 0.5) is 22.0 Å². The molecular weight excluding hydrogens is 359 g/mol. The van der Waals surface area contributed by atoms with Crippen LogP contribution in [0.5, 0.6) is 0 Å². The summed E-state index contributed by atoms with van der Waals surface area (Å²) in [5.74, 6) is 0.132. The van der Waals surface area contributed by atoms with Gasteiger partial charge in [0, 0.05) is 23.8 Å². The first-order valence-corrected chi connectivity index (χ1v) is 8.91. The number of nitrogens with zero attached hydrogens (tertiary/aromatic N) is 4. The Balaban J connectivity index is 1.60. The summed E-state index contributed by atoms with van der Waals surface area (Å²) in [5, 5.41) is 3.09. The van der Waals surface area contributed by atoms with Crippen molar-refractivity contribution in [3.8, 4) is 0 Å². The van der Waals surface area contributed by atoms with E-state index in [0.29, 0.717) is 30.4 Å². The Morgan fingerprint density at radius 2 is 2.11 bits per heavy atom. The summed E-state index contributed by atoms with van der Waals surface area (Å²) in [5.41, 5.74) is 8.58. The zero-order valence-electron chi connectivity index (χ0n) is 15.3. The van der Waals surface area contributed by atoms with Crippen LogP contribution >= 0.6 is 0 Å². The van der Waals surface area contributed by atoms with Gasteiger partial charge in [0.1, 0.15) is 12.1 Å². The summed E-state index contributed by atoms with van der Waals surface area (Å²) >= 11 is 0. The van der Waals surface area contributed by atoms with Gasteiger partial charge in [-0.3, -0.25) is 4.79 Å². The SMILES string of the molecule is CC1Cc2c(C(N)=O)cccc2N1c1ncnc(NCc2cccc(F)c2)n1. The second kappa shape index (κ2) is 7.22. The second-order valence-electron chi connectivity index (χ2n) is 6.68. The first-order chi connectivity index (χ1) is 13.5. The highest BCUT2D eigenvalue weighted by Crippen LogP contribution is 2.38. The molecule has 3 aromatic rings. The van der Waals surface area contributed by atoms with Crippen molar-refractivity contribution in [2.45, 2.75) is 25.9 Å². The molecule has 1 atom stereocenters. The number of primary amides is 1. The van der Waals surface area contributed by atoms with Crippen molar-refractivity contribution in [1.29, 1.82) is 0 Å². The van der Waals surface area contributed by atoms with Crippen LogP contribution in [-0.4, -0.2) is 26.9 Å². The standard InChI is InChI=1S/C20H19FN6O/c1-12-8-16-15(18(22)28)6-3-7-17(16)27(12)20-25-11-24-19(26-20)23-10-13-4-2-5-14(21)9-13/h2-7,9,11-12H,8,10H2,1H3,(H2,22,28)(H,23,24,25,26). The summed E-state index contributed by atoms with van der Waals surface area (Å²) in [7, 11) is 0. The van der Waals surface area contributed by atoms with Crippen molar-refractivity contribution in [2.75, 3.05) is 10.2 Å². The number of nitrogens with two attached hydrogens (primary N) is 1. The molecule has 0 saturated carbocycles. The second-order valence-corrected chi connectivity index (χ2v) is 6.68. The molecule has 2 heterocycles. The van der Waals surface area contributed by atoms with E-state index < -0.39 is 5.91 Å². The summed E-state index contributed by atoms with van der Waals surface area (Å²) in [6.45, 7) is 2.42. The van der Waals surface area contributed by atoms with Crippen molar-refractivity contribution in [2.24, 2.45) is 5.73 Å². The topological polar surface area (TPSA) is 97.0 Å². The molecule has 4 rings (SSSR count). The van der Waals surface area contributed by atoms with Crippen LogP contribution in [0.3, 0.4) is 0 Å². The van der Waals surface area contributed by atoms with Crippen LogP contribution in [0.15, 0.2) is 48.8 Å². The largest absolute Gasteiger partial charge is 0.366 e. The third-order valence-electron chi connectivity index (χ3n) is 4.73. The van der Waals surface area contributed by atoms with Crippen molar-refractivity contribution in [1.82, 2.24) is 15.0 Å². The smallest absolute Gasteiger partial charge is 0.249 e. The molecule has 1 amide bonds. The van der Waals surface area contributed by atoms with Gasteiger partial charge in [-0.1, -0.05) is 18.2 Å². The molecule has 0 saturated heterocycles. The van der Waals surface area contributed by atoms with Crippen molar-refractivity contribution in [3.63, 3.8) is 0 Å². The molecule has 3 N–H and O–H groups in total. The molecular formula is C20H19FN6O. The molecule has 0 radical (unpaired) electrons. The van der Waals surface area contributed by atoms with Gasteiger partial charge >= 0.3 is 0 Å². The van der Waals surface area contributed by atoms with Crippen LogP contribution in [0.2, 0.25) is 0 Å². The first-order valence-electron chi connectivity index (χ1n) is 8.91. The summed E-state index contributed by atoms with van der Waals surface area (Å²) in [6, 6.07) is 11.9. The molecule has 2 aromatic carbocycles. The highest BCUT2D eigenvalue weighted by molar-refractivity contribution is 5.96. The molecule has 1 aliphatic heterocycles. The lowest BCUT2D eigenvalue weighted by Gasteiger charge is -2.22. The van der Waals surface area contributed by atoms with Gasteiger partial charge in [0.2, 0.25) is 17.8 Å². The summed E-state index contributed by atoms with van der Waals surface area (Å²) in [6.07, 6.45) is 2.10. The zero-order valence-corrected chi connectivity index (χ0v) is 15.3. The zero-order chi connectivity index (χ0) is 19.7. The number of hydrogen-bond acceptors (Lipinski definition) is 6. The van der Waals surface area contributed by atoms with Gasteiger partial charge in [-0.05, 0) is 48.7 Å². The van der Waals surface area contributed by atoms with Crippen LogP contribution in [0, 0.1) is 5.82 Å². The van der Waals surface area contributed by atoms with Crippen molar-refractivity contribution >= 4 is 23.5 Å². The number of benzene rings is 2.